The van der Waals surface area contributed by atoms with Crippen molar-refractivity contribution in [2.45, 2.75) is 32.9 Å². The third kappa shape index (κ3) is 16.1. The van der Waals surface area contributed by atoms with Crippen molar-refractivity contribution in [3.63, 3.8) is 0 Å². The Bertz CT molecular complexity index is 797. The molecule has 1 unspecified atom stereocenters. The number of amides is 1. The topological polar surface area (TPSA) is 176 Å². The van der Waals surface area contributed by atoms with E-state index in [4.69, 9.17) is 7.85 Å². The highest BCUT2D eigenvalue weighted by molar-refractivity contribution is 6.57. The number of nitrogens with one attached hydrogen (secondary N) is 4. The molecule has 0 aliphatic carbocycles. The van der Waals surface area contributed by atoms with Crippen LogP contribution in [0.2, 0.25) is 20.5 Å². The Hall–Kier alpha value is -1.97. The molecule has 13 nitrogen and oxygen atoms in total. The summed E-state index contributed by atoms with van der Waals surface area (Å²) in [7, 11) is 3.29. The van der Waals surface area contributed by atoms with Gasteiger partial charge in [0.2, 0.25) is 0 Å². The first-order valence-electron chi connectivity index (χ1n) is 12.9. The van der Waals surface area contributed by atoms with Crippen LogP contribution < -0.4 is 21.0 Å². The van der Waals surface area contributed by atoms with Crippen LogP contribution in [-0.2, 0) is 6.42 Å². The van der Waals surface area contributed by atoms with Gasteiger partial charge in [-0.1, -0.05) is 12.1 Å². The van der Waals surface area contributed by atoms with Gasteiger partial charge in [-0.3, -0.25) is 24.7 Å². The first-order valence-corrected chi connectivity index (χ1v) is 12.9. The number of hydrogen-bond donors (Lipinski definition) is 7. The number of nitrogens with zero attached hydrogens (tertiary/aromatic N) is 3. The number of rotatable bonds is 21. The molecule has 17 heteroatoms. The molecule has 0 spiro atoms. The minimum atomic E-state index is -0.677. The number of non-ortho nitro benzene ring substituents is 1. The van der Waals surface area contributed by atoms with Gasteiger partial charge in [-0.05, 0) is 52.1 Å². The van der Waals surface area contributed by atoms with Crippen LogP contribution in [0, 0.1) is 10.1 Å². The first kappa shape index (κ1) is 34.1. The van der Waals surface area contributed by atoms with Gasteiger partial charge in [0.15, 0.2) is 13.7 Å². The van der Waals surface area contributed by atoms with E-state index < -0.39 is 31.9 Å². The molecule has 0 fully saturated rings. The quantitative estimate of drug-likeness (QED) is 0.0536. The fourth-order valence-corrected chi connectivity index (χ4v) is 4.01. The first-order chi connectivity index (χ1) is 18.0. The molecule has 0 aromatic heterocycles. The number of hydrogen-bond acceptors (Lipinski definition) is 11. The van der Waals surface area contributed by atoms with Crippen LogP contribution in [0.3, 0.4) is 0 Å². The molecule has 1 aromatic carbocycles. The molecule has 2 radical (unpaired) electrons. The van der Waals surface area contributed by atoms with Crippen LogP contribution >= 0.6 is 0 Å². The van der Waals surface area contributed by atoms with E-state index in [9.17, 15) is 30.0 Å². The highest BCUT2D eigenvalue weighted by Crippen LogP contribution is 2.16. The van der Waals surface area contributed by atoms with Crippen LogP contribution in [0.1, 0.15) is 5.56 Å². The number of carbonyl (C=O) groups is 1. The fourth-order valence-electron chi connectivity index (χ4n) is 4.01. The van der Waals surface area contributed by atoms with Crippen molar-refractivity contribution in [1.29, 1.82) is 0 Å². The summed E-state index contributed by atoms with van der Waals surface area (Å²) < 4.78 is 0. The third-order valence-electron chi connectivity index (χ3n) is 5.88. The van der Waals surface area contributed by atoms with Gasteiger partial charge in [-0.2, -0.15) is 0 Å². The Morgan fingerprint density at radius 2 is 1.39 bits per heavy atom. The van der Waals surface area contributed by atoms with Crippen molar-refractivity contribution in [3.8, 4) is 0 Å². The lowest BCUT2D eigenvalue weighted by Gasteiger charge is -2.36. The molecule has 0 bridgehead atoms. The zero-order valence-electron chi connectivity index (χ0n) is 22.7. The summed E-state index contributed by atoms with van der Waals surface area (Å²) in [5.74, 6) is -0.617. The van der Waals surface area contributed by atoms with Crippen LogP contribution in [0.5, 0.6) is 0 Å². The molecule has 0 aliphatic heterocycles. The smallest absolute Gasteiger partial charge is 0.373 e. The van der Waals surface area contributed by atoms with Crippen LogP contribution in [0.25, 0.3) is 0 Å². The second-order valence-electron chi connectivity index (χ2n) is 9.30. The van der Waals surface area contributed by atoms with Gasteiger partial charge in [-0.15, -0.1) is 0 Å². The van der Waals surface area contributed by atoms with Crippen molar-refractivity contribution in [3.05, 3.63) is 39.9 Å². The van der Waals surface area contributed by atoms with Crippen molar-refractivity contribution in [2.75, 3.05) is 58.9 Å². The van der Waals surface area contributed by atoms with E-state index in [-0.39, 0.29) is 11.7 Å². The van der Waals surface area contributed by atoms with Crippen molar-refractivity contribution < 1.29 is 24.8 Å². The SMILES string of the molecule is [B]C(=O)NCCN(CCNB(C)O)C(Cc1ccc([N+](=O)[O-])cc1)CN(CCNB(C)O)CCNB(C)O. The summed E-state index contributed by atoms with van der Waals surface area (Å²) in [6, 6.07) is 6.38. The van der Waals surface area contributed by atoms with Gasteiger partial charge >= 0.3 is 21.2 Å². The molecule has 1 atom stereocenters. The Balaban J connectivity index is 3.16. The normalized spacial score (nSPS) is 12.0. The molecule has 0 saturated heterocycles. The monoisotopic (exact) mass is 531 g/mol. The van der Waals surface area contributed by atoms with Crippen molar-refractivity contribution in [2.24, 2.45) is 0 Å². The summed E-state index contributed by atoms with van der Waals surface area (Å²) in [6.07, 6.45) is 0.577. The predicted octanol–water partition coefficient (Wildman–Crippen LogP) is -1.91. The number of carbonyl (C=O) groups excluding carboxylic acids is 1. The van der Waals surface area contributed by atoms with E-state index in [1.54, 1.807) is 32.6 Å². The Morgan fingerprint density at radius 1 is 0.921 bits per heavy atom. The molecule has 208 valence electrons. The Kier molecular flexibility index (Phi) is 17.2. The van der Waals surface area contributed by atoms with Crippen LogP contribution in [-0.4, -0.2) is 130 Å². The highest BCUT2D eigenvalue weighted by Gasteiger charge is 2.23. The fraction of sp³-hybridized carbons (Fsp3) is 0.667. The van der Waals surface area contributed by atoms with Crippen LogP contribution in [0.15, 0.2) is 24.3 Å². The predicted molar refractivity (Wildman–Crippen MR) is 153 cm³/mol. The van der Waals surface area contributed by atoms with E-state index in [2.05, 4.69) is 30.8 Å². The Labute approximate surface area is 228 Å². The molecule has 1 aromatic rings. The van der Waals surface area contributed by atoms with Gasteiger partial charge in [-0.25, -0.2) is 0 Å². The van der Waals surface area contributed by atoms with Gasteiger partial charge in [0.1, 0.15) is 0 Å². The van der Waals surface area contributed by atoms with Crippen molar-refractivity contribution >= 4 is 40.5 Å². The lowest BCUT2D eigenvalue weighted by atomic mass is 9.89. The van der Waals surface area contributed by atoms with E-state index in [1.807, 2.05) is 0 Å². The third-order valence-corrected chi connectivity index (χ3v) is 5.88. The summed E-state index contributed by atoms with van der Waals surface area (Å²) in [5.41, 5.74) is 0.935. The van der Waals surface area contributed by atoms with E-state index in [1.165, 1.54) is 12.1 Å². The molecule has 1 rings (SSSR count). The van der Waals surface area contributed by atoms with E-state index >= 15 is 0 Å². The lowest BCUT2D eigenvalue weighted by Crippen LogP contribution is -2.52. The molecular weight excluding hydrogens is 490 g/mol. The summed E-state index contributed by atoms with van der Waals surface area (Å²) >= 11 is 0. The number of nitro benzene ring substituents is 1. The second-order valence-corrected chi connectivity index (χ2v) is 9.30. The number of benzene rings is 1. The highest BCUT2D eigenvalue weighted by atomic mass is 16.6. The molecule has 0 aliphatic rings. The standard InChI is InChI=1S/C21H41B4N7O6/c1-23(34)27-9-12-30(13-10-28-24(2)35)17-20(16-18-4-6-19(7-5-18)32(37)38)31(14-8-26-21(22)33)15-11-29-25(3)36/h4-7,20,27-29,34-36H,8-17H2,1-3H3,(H,26,33). The largest absolute Gasteiger partial charge is 0.437 e. The zero-order valence-corrected chi connectivity index (χ0v) is 22.7. The van der Waals surface area contributed by atoms with E-state index in [0.29, 0.717) is 65.3 Å². The zero-order chi connectivity index (χ0) is 28.5. The number of nitro groups is 1. The maximum absolute atomic E-state index is 11.3. The minimum Gasteiger partial charge on any atom is -0.437 e. The van der Waals surface area contributed by atoms with Gasteiger partial charge in [0.25, 0.3) is 5.69 Å². The molecule has 0 heterocycles. The molecular formula is C21H41B4N7O6. The molecule has 0 saturated carbocycles. The maximum Gasteiger partial charge on any atom is 0.373 e. The molecule has 1 amide bonds. The van der Waals surface area contributed by atoms with Gasteiger partial charge in [0.05, 0.1) is 4.92 Å². The molecule has 7 N–H and O–H groups in total. The summed E-state index contributed by atoms with van der Waals surface area (Å²) in [4.78, 5) is 26.3. The lowest BCUT2D eigenvalue weighted by molar-refractivity contribution is -0.384. The summed E-state index contributed by atoms with van der Waals surface area (Å²) in [5, 5.41) is 51.6. The second kappa shape index (κ2) is 19.1. The molecule has 38 heavy (non-hydrogen) atoms. The minimum absolute atomic E-state index is 0.0176. The van der Waals surface area contributed by atoms with Crippen molar-refractivity contribution in [1.82, 2.24) is 30.8 Å². The Morgan fingerprint density at radius 3 is 1.84 bits per heavy atom. The van der Waals surface area contributed by atoms with Gasteiger partial charge < -0.3 is 36.1 Å². The van der Waals surface area contributed by atoms with Crippen LogP contribution in [0.4, 0.5) is 10.5 Å². The maximum atomic E-state index is 11.3. The van der Waals surface area contributed by atoms with Gasteiger partial charge in [0, 0.05) is 57.4 Å². The van der Waals surface area contributed by atoms with E-state index in [0.717, 1.165) is 5.56 Å². The summed E-state index contributed by atoms with van der Waals surface area (Å²) in [6.45, 7) is 9.77. The average Bonchev–Trinajstić information content (AvgIpc) is 2.82. The average molecular weight is 531 g/mol.